The number of aryl methyl sites for hydroxylation is 1. The number of aromatic nitrogens is 7. The van der Waals surface area contributed by atoms with Gasteiger partial charge < -0.3 is 0 Å². The molecule has 0 amide bonds. The van der Waals surface area contributed by atoms with Crippen LogP contribution in [0.3, 0.4) is 0 Å². The summed E-state index contributed by atoms with van der Waals surface area (Å²) < 4.78 is 2.96. The number of benzene rings is 1. The lowest BCUT2D eigenvalue weighted by atomic mass is 10.2. The van der Waals surface area contributed by atoms with E-state index >= 15 is 0 Å². The summed E-state index contributed by atoms with van der Waals surface area (Å²) in [7, 11) is 0. The standard InChI is InChI=1S/C11H11N7OS/c1-2-17-11(13-14-16-17)20-7-18-10(19)8-5-3-4-6-9(8)12-15-18/h3-6H,2,7H2,1H3. The predicted molar refractivity (Wildman–Crippen MR) is 73.1 cm³/mol. The van der Waals surface area contributed by atoms with Gasteiger partial charge in [-0.3, -0.25) is 4.79 Å². The van der Waals surface area contributed by atoms with Crippen LogP contribution >= 0.6 is 11.8 Å². The second-order valence-corrected chi connectivity index (χ2v) is 4.87. The summed E-state index contributed by atoms with van der Waals surface area (Å²) in [5, 5.41) is 20.5. The summed E-state index contributed by atoms with van der Waals surface area (Å²) in [6.07, 6.45) is 0. The van der Waals surface area contributed by atoms with Gasteiger partial charge in [0.1, 0.15) is 5.52 Å². The SMILES string of the molecule is CCn1nnnc1SCn1nnc2ccccc2c1=O. The third-order valence-electron chi connectivity index (χ3n) is 2.74. The molecule has 0 fully saturated rings. The molecule has 0 bridgehead atoms. The van der Waals surface area contributed by atoms with Gasteiger partial charge in [0.05, 0.1) is 11.3 Å². The molecular weight excluding hydrogens is 278 g/mol. The normalized spacial score (nSPS) is 11.1. The van der Waals surface area contributed by atoms with Crippen molar-refractivity contribution >= 4 is 22.7 Å². The molecule has 0 N–H and O–H groups in total. The molecule has 0 aliphatic rings. The molecule has 8 nitrogen and oxygen atoms in total. The number of rotatable bonds is 4. The van der Waals surface area contributed by atoms with E-state index in [9.17, 15) is 4.79 Å². The maximum atomic E-state index is 12.2. The zero-order chi connectivity index (χ0) is 13.9. The Morgan fingerprint density at radius 2 is 2.00 bits per heavy atom. The third kappa shape index (κ3) is 2.27. The summed E-state index contributed by atoms with van der Waals surface area (Å²) in [5.74, 6) is 0.317. The molecule has 2 heterocycles. The van der Waals surface area contributed by atoms with Gasteiger partial charge >= 0.3 is 0 Å². The van der Waals surface area contributed by atoms with Gasteiger partial charge in [0.2, 0.25) is 5.16 Å². The lowest BCUT2D eigenvalue weighted by Crippen LogP contribution is -2.23. The largest absolute Gasteiger partial charge is 0.278 e. The van der Waals surface area contributed by atoms with Crippen LogP contribution in [-0.2, 0) is 12.4 Å². The summed E-state index contributed by atoms with van der Waals surface area (Å²) in [4.78, 5) is 12.2. The average Bonchev–Trinajstić information content (AvgIpc) is 2.94. The van der Waals surface area contributed by atoms with Crippen molar-refractivity contribution in [3.05, 3.63) is 34.6 Å². The molecule has 0 radical (unpaired) electrons. The summed E-state index contributed by atoms with van der Waals surface area (Å²) in [6, 6.07) is 7.13. The van der Waals surface area contributed by atoms with Crippen molar-refractivity contribution in [1.29, 1.82) is 0 Å². The quantitative estimate of drug-likeness (QED) is 0.647. The first kappa shape index (κ1) is 12.7. The molecule has 20 heavy (non-hydrogen) atoms. The first-order valence-electron chi connectivity index (χ1n) is 6.01. The van der Waals surface area contributed by atoms with Crippen molar-refractivity contribution in [3.8, 4) is 0 Å². The van der Waals surface area contributed by atoms with Crippen molar-refractivity contribution in [2.75, 3.05) is 0 Å². The van der Waals surface area contributed by atoms with Crippen molar-refractivity contribution in [2.24, 2.45) is 0 Å². The molecular formula is C11H11N7OS. The highest BCUT2D eigenvalue weighted by Crippen LogP contribution is 2.14. The van der Waals surface area contributed by atoms with Crippen LogP contribution in [0.1, 0.15) is 6.92 Å². The minimum Gasteiger partial charge on any atom is -0.267 e. The second kappa shape index (κ2) is 5.37. The second-order valence-electron chi connectivity index (χ2n) is 3.96. The molecule has 0 saturated heterocycles. The Bertz CT molecular complexity index is 797. The van der Waals surface area contributed by atoms with Crippen LogP contribution in [0, 0.1) is 0 Å². The highest BCUT2D eigenvalue weighted by Gasteiger charge is 2.08. The Kier molecular flexibility index (Phi) is 3.42. The van der Waals surface area contributed by atoms with Crippen LogP contribution in [0.5, 0.6) is 0 Å². The third-order valence-corrected chi connectivity index (χ3v) is 3.67. The van der Waals surface area contributed by atoms with Crippen molar-refractivity contribution in [2.45, 2.75) is 24.5 Å². The maximum Gasteiger partial charge on any atom is 0.278 e. The van der Waals surface area contributed by atoms with Gasteiger partial charge in [0.25, 0.3) is 5.56 Å². The number of fused-ring (bicyclic) bond motifs is 1. The van der Waals surface area contributed by atoms with E-state index in [1.54, 1.807) is 22.9 Å². The fourth-order valence-corrected chi connectivity index (χ4v) is 2.54. The number of hydrogen-bond acceptors (Lipinski definition) is 7. The van der Waals surface area contributed by atoms with E-state index in [0.29, 0.717) is 28.5 Å². The predicted octanol–water partition coefficient (Wildman–Crippen LogP) is 0.548. The number of hydrogen-bond donors (Lipinski definition) is 0. The van der Waals surface area contributed by atoms with E-state index in [2.05, 4.69) is 25.8 Å². The van der Waals surface area contributed by atoms with Gasteiger partial charge in [0, 0.05) is 6.54 Å². The zero-order valence-electron chi connectivity index (χ0n) is 10.7. The van der Waals surface area contributed by atoms with Crippen LogP contribution < -0.4 is 5.56 Å². The van der Waals surface area contributed by atoms with Crippen LogP contribution in [0.25, 0.3) is 10.9 Å². The van der Waals surface area contributed by atoms with Crippen LogP contribution in [0.15, 0.2) is 34.2 Å². The van der Waals surface area contributed by atoms with Gasteiger partial charge in [-0.15, -0.1) is 10.2 Å². The monoisotopic (exact) mass is 289 g/mol. The minimum absolute atomic E-state index is 0.168. The molecule has 0 atom stereocenters. The van der Waals surface area contributed by atoms with Gasteiger partial charge in [-0.05, 0) is 29.5 Å². The average molecular weight is 289 g/mol. The van der Waals surface area contributed by atoms with Gasteiger partial charge in [-0.1, -0.05) is 29.1 Å². The molecule has 9 heteroatoms. The van der Waals surface area contributed by atoms with Crippen LogP contribution in [0.2, 0.25) is 0 Å². The van der Waals surface area contributed by atoms with E-state index in [-0.39, 0.29) is 5.56 Å². The Hall–Kier alpha value is -2.29. The van der Waals surface area contributed by atoms with Crippen LogP contribution in [0.4, 0.5) is 0 Å². The molecule has 2 aromatic heterocycles. The highest BCUT2D eigenvalue weighted by molar-refractivity contribution is 7.98. The number of tetrazole rings is 1. The molecule has 3 aromatic rings. The summed E-state index contributed by atoms with van der Waals surface area (Å²) >= 11 is 1.34. The molecule has 102 valence electrons. The zero-order valence-corrected chi connectivity index (χ0v) is 11.5. The highest BCUT2D eigenvalue weighted by atomic mass is 32.2. The van der Waals surface area contributed by atoms with E-state index in [1.165, 1.54) is 16.4 Å². The Labute approximate surface area is 117 Å². The van der Waals surface area contributed by atoms with E-state index in [1.807, 2.05) is 13.0 Å². The lowest BCUT2D eigenvalue weighted by molar-refractivity contribution is 0.578. The van der Waals surface area contributed by atoms with E-state index in [0.717, 1.165) is 0 Å². The van der Waals surface area contributed by atoms with Crippen molar-refractivity contribution in [1.82, 2.24) is 35.2 Å². The molecule has 1 aromatic carbocycles. The molecule has 0 aliphatic heterocycles. The Morgan fingerprint density at radius 3 is 2.85 bits per heavy atom. The maximum absolute atomic E-state index is 12.2. The Balaban J connectivity index is 1.88. The van der Waals surface area contributed by atoms with Crippen molar-refractivity contribution in [3.63, 3.8) is 0 Å². The first-order valence-corrected chi connectivity index (χ1v) is 6.99. The van der Waals surface area contributed by atoms with Gasteiger partial charge in [-0.2, -0.15) is 4.68 Å². The smallest absolute Gasteiger partial charge is 0.267 e. The lowest BCUT2D eigenvalue weighted by Gasteiger charge is -2.04. The first-order chi connectivity index (χ1) is 9.79. The fraction of sp³-hybridized carbons (Fsp3) is 0.273. The molecule has 0 spiro atoms. The molecule has 0 saturated carbocycles. The molecule has 0 aliphatic carbocycles. The van der Waals surface area contributed by atoms with Crippen molar-refractivity contribution < 1.29 is 0 Å². The van der Waals surface area contributed by atoms with E-state index in [4.69, 9.17) is 0 Å². The molecule has 3 rings (SSSR count). The van der Waals surface area contributed by atoms with Crippen LogP contribution in [-0.4, -0.2) is 35.2 Å². The summed E-state index contributed by atoms with van der Waals surface area (Å²) in [6.45, 7) is 2.62. The van der Waals surface area contributed by atoms with Gasteiger partial charge in [0.15, 0.2) is 0 Å². The fourth-order valence-electron chi connectivity index (χ4n) is 1.73. The topological polar surface area (TPSA) is 91.4 Å². The minimum atomic E-state index is -0.168. The van der Waals surface area contributed by atoms with E-state index < -0.39 is 0 Å². The number of thioether (sulfide) groups is 1. The number of nitrogens with zero attached hydrogens (tertiary/aromatic N) is 7. The molecule has 0 unspecified atom stereocenters. The Morgan fingerprint density at radius 1 is 1.15 bits per heavy atom. The summed E-state index contributed by atoms with van der Waals surface area (Å²) in [5.41, 5.74) is 0.427. The van der Waals surface area contributed by atoms with Gasteiger partial charge in [-0.25, -0.2) is 4.68 Å².